The van der Waals surface area contributed by atoms with E-state index in [0.29, 0.717) is 0 Å². The van der Waals surface area contributed by atoms with Crippen molar-refractivity contribution in [3.05, 3.63) is 45.2 Å². The Hall–Kier alpha value is -1.90. The van der Waals surface area contributed by atoms with Gasteiger partial charge in [0.2, 0.25) is 0 Å². The van der Waals surface area contributed by atoms with E-state index in [1.54, 1.807) is 24.3 Å². The smallest absolute Gasteiger partial charge is 0.0836 e. The van der Waals surface area contributed by atoms with E-state index in [-0.39, 0.29) is 0 Å². The van der Waals surface area contributed by atoms with Crippen LogP contribution in [0.1, 0.15) is 6.42 Å². The van der Waals surface area contributed by atoms with E-state index in [4.69, 9.17) is 11.1 Å². The molecule has 1 aliphatic rings. The number of azide groups is 1. The van der Waals surface area contributed by atoms with E-state index >= 15 is 0 Å². The molecule has 0 bridgehead atoms. The number of rotatable bonds is 2. The minimum atomic E-state index is -1.16. The van der Waals surface area contributed by atoms with Crippen LogP contribution in [0.2, 0.25) is 0 Å². The molecule has 1 aliphatic carbocycles. The molecule has 0 aromatic carbocycles. The molecular weight excluding hydrogens is 156 g/mol. The van der Waals surface area contributed by atoms with Gasteiger partial charge in [-0.05, 0) is 17.5 Å². The van der Waals surface area contributed by atoms with Gasteiger partial charge >= 0.3 is 0 Å². The Morgan fingerprint density at radius 1 is 1.08 bits per heavy atom. The molecule has 0 amide bonds. The summed E-state index contributed by atoms with van der Waals surface area (Å²) < 4.78 is 0. The first-order chi connectivity index (χ1) is 5.83. The molecule has 0 fully saturated rings. The van der Waals surface area contributed by atoms with Crippen molar-refractivity contribution in [1.82, 2.24) is 0 Å². The van der Waals surface area contributed by atoms with Gasteiger partial charge in [0.15, 0.2) is 5.66 Å². The van der Waals surface area contributed by atoms with Gasteiger partial charge in [0.05, 0.1) is 0 Å². The molecule has 0 N–H and O–H groups in total. The first kappa shape index (κ1) is 8.20. The molecule has 0 aliphatic heterocycles. The fraction of sp³-hybridized carbons (Fsp3) is 0.333. The van der Waals surface area contributed by atoms with Gasteiger partial charge in [-0.25, -0.2) is 0 Å². The highest BCUT2D eigenvalue weighted by atomic mass is 15.3. The number of nitrogens with zero attached hydrogens (tertiary/aromatic N) is 6. The fourth-order valence-corrected chi connectivity index (χ4v) is 0.914. The SMILES string of the molecule is [N-]=[N+]=NC1(N=[N+]=[N-])C=CCC=C1. The second-order valence-corrected chi connectivity index (χ2v) is 2.20. The molecule has 0 unspecified atom stereocenters. The van der Waals surface area contributed by atoms with Crippen LogP contribution in [-0.2, 0) is 0 Å². The van der Waals surface area contributed by atoms with E-state index in [2.05, 4.69) is 20.1 Å². The van der Waals surface area contributed by atoms with E-state index in [1.165, 1.54) is 0 Å². The van der Waals surface area contributed by atoms with Crippen LogP contribution in [-0.4, -0.2) is 5.66 Å². The van der Waals surface area contributed by atoms with E-state index in [9.17, 15) is 0 Å². The van der Waals surface area contributed by atoms with Gasteiger partial charge in [-0.15, -0.1) is 0 Å². The normalized spacial score (nSPS) is 17.7. The molecule has 60 valence electrons. The average molecular weight is 162 g/mol. The largest absolute Gasteiger partial charge is 0.163 e. The summed E-state index contributed by atoms with van der Waals surface area (Å²) in [5, 5.41) is 6.78. The van der Waals surface area contributed by atoms with E-state index < -0.39 is 5.66 Å². The molecule has 6 nitrogen and oxygen atoms in total. The molecule has 0 heterocycles. The molecule has 1 rings (SSSR count). The van der Waals surface area contributed by atoms with E-state index in [0.717, 1.165) is 6.42 Å². The molecule has 12 heavy (non-hydrogen) atoms. The van der Waals surface area contributed by atoms with Crippen LogP contribution in [0.15, 0.2) is 34.5 Å². The lowest BCUT2D eigenvalue weighted by Gasteiger charge is -2.15. The van der Waals surface area contributed by atoms with Crippen LogP contribution >= 0.6 is 0 Å². The summed E-state index contributed by atoms with van der Waals surface area (Å²) in [6.07, 6.45) is 7.48. The van der Waals surface area contributed by atoms with Crippen LogP contribution in [0.4, 0.5) is 0 Å². The Labute approximate surface area is 68.4 Å². The van der Waals surface area contributed by atoms with Crippen LogP contribution in [0, 0.1) is 0 Å². The summed E-state index contributed by atoms with van der Waals surface area (Å²) in [6, 6.07) is 0. The first-order valence-electron chi connectivity index (χ1n) is 3.31. The lowest BCUT2D eigenvalue weighted by Crippen LogP contribution is -2.16. The topological polar surface area (TPSA) is 97.5 Å². The third kappa shape index (κ3) is 1.58. The molecule has 0 saturated heterocycles. The predicted molar refractivity (Wildman–Crippen MR) is 43.9 cm³/mol. The highest BCUT2D eigenvalue weighted by molar-refractivity contribution is 5.22. The fourth-order valence-electron chi connectivity index (χ4n) is 0.914. The maximum atomic E-state index is 8.22. The van der Waals surface area contributed by atoms with Gasteiger partial charge in [0.25, 0.3) is 0 Å². The molecule has 0 aromatic rings. The molecule has 0 aromatic heterocycles. The molecular formula is C6H6N6. The molecule has 0 spiro atoms. The van der Waals surface area contributed by atoms with Crippen molar-refractivity contribution in [3.8, 4) is 0 Å². The van der Waals surface area contributed by atoms with Crippen LogP contribution in [0.25, 0.3) is 20.9 Å². The zero-order valence-corrected chi connectivity index (χ0v) is 6.20. The van der Waals surface area contributed by atoms with Gasteiger partial charge in [-0.2, -0.15) is 0 Å². The van der Waals surface area contributed by atoms with Gasteiger partial charge in [0.1, 0.15) is 0 Å². The Kier molecular flexibility index (Phi) is 2.38. The van der Waals surface area contributed by atoms with Crippen LogP contribution < -0.4 is 0 Å². The van der Waals surface area contributed by atoms with Crippen molar-refractivity contribution in [2.45, 2.75) is 12.1 Å². The van der Waals surface area contributed by atoms with Crippen LogP contribution in [0.5, 0.6) is 0 Å². The quantitative estimate of drug-likeness (QED) is 0.258. The molecule has 0 radical (unpaired) electrons. The third-order valence-corrected chi connectivity index (χ3v) is 1.41. The average Bonchev–Trinajstić information content (AvgIpc) is 2.07. The summed E-state index contributed by atoms with van der Waals surface area (Å²) in [5.41, 5.74) is 15.3. The van der Waals surface area contributed by atoms with E-state index in [1.807, 2.05) is 0 Å². The summed E-state index contributed by atoms with van der Waals surface area (Å²) in [5.74, 6) is 0. The Balaban J connectivity index is 3.08. The summed E-state index contributed by atoms with van der Waals surface area (Å²) in [7, 11) is 0. The molecule has 0 atom stereocenters. The van der Waals surface area contributed by atoms with Crippen molar-refractivity contribution in [2.24, 2.45) is 10.2 Å². The van der Waals surface area contributed by atoms with Crippen LogP contribution in [0.3, 0.4) is 0 Å². The number of hydrogen-bond acceptors (Lipinski definition) is 2. The van der Waals surface area contributed by atoms with Crippen molar-refractivity contribution in [1.29, 1.82) is 0 Å². The summed E-state index contributed by atoms with van der Waals surface area (Å²) in [4.78, 5) is 5.22. The second kappa shape index (κ2) is 3.48. The minimum Gasteiger partial charge on any atom is -0.0836 e. The monoisotopic (exact) mass is 162 g/mol. The van der Waals surface area contributed by atoms with Gasteiger partial charge in [-0.1, -0.05) is 34.5 Å². The van der Waals surface area contributed by atoms with Crippen molar-refractivity contribution in [2.75, 3.05) is 0 Å². The summed E-state index contributed by atoms with van der Waals surface area (Å²) in [6.45, 7) is 0. The molecule has 6 heteroatoms. The first-order valence-corrected chi connectivity index (χ1v) is 3.31. The van der Waals surface area contributed by atoms with Gasteiger partial charge in [0, 0.05) is 9.82 Å². The lowest BCUT2D eigenvalue weighted by atomic mass is 10.1. The van der Waals surface area contributed by atoms with Crippen molar-refractivity contribution >= 4 is 0 Å². The zero-order chi connectivity index (χ0) is 8.86. The molecule has 0 saturated carbocycles. The minimum absolute atomic E-state index is 0.768. The predicted octanol–water partition coefficient (Wildman–Crippen LogP) is 2.82. The zero-order valence-electron chi connectivity index (χ0n) is 6.20. The Morgan fingerprint density at radius 2 is 1.58 bits per heavy atom. The second-order valence-electron chi connectivity index (χ2n) is 2.20. The highest BCUT2D eigenvalue weighted by Gasteiger charge is 2.21. The summed E-state index contributed by atoms with van der Waals surface area (Å²) >= 11 is 0. The highest BCUT2D eigenvalue weighted by Crippen LogP contribution is 2.22. The van der Waals surface area contributed by atoms with Crippen molar-refractivity contribution < 1.29 is 0 Å². The lowest BCUT2D eigenvalue weighted by molar-refractivity contribution is 0.669. The van der Waals surface area contributed by atoms with Gasteiger partial charge < -0.3 is 0 Å². The Morgan fingerprint density at radius 3 is 2.00 bits per heavy atom. The maximum absolute atomic E-state index is 8.22. The van der Waals surface area contributed by atoms with Gasteiger partial charge in [-0.3, -0.25) is 0 Å². The third-order valence-electron chi connectivity index (χ3n) is 1.41. The Bertz CT molecular complexity index is 283. The standard InChI is InChI=1S/C6H6N6/c7-11-9-6(10-12-8)4-2-1-3-5-6/h2-5H,1H2. The number of hydrogen-bond donors (Lipinski definition) is 0. The number of allylic oxidation sites excluding steroid dienone is 2. The maximum Gasteiger partial charge on any atom is 0.163 e. The van der Waals surface area contributed by atoms with Crippen molar-refractivity contribution in [3.63, 3.8) is 0 Å².